The number of carbonyl (C=O) groups is 2. The van der Waals surface area contributed by atoms with E-state index in [1.54, 1.807) is 19.2 Å². The molecule has 0 radical (unpaired) electrons. The zero-order valence-electron chi connectivity index (χ0n) is 16.6. The molecule has 0 aromatic heterocycles. The van der Waals surface area contributed by atoms with Crippen molar-refractivity contribution in [2.45, 2.75) is 18.9 Å². The van der Waals surface area contributed by atoms with Crippen molar-refractivity contribution in [3.8, 4) is 5.75 Å². The van der Waals surface area contributed by atoms with Crippen LogP contribution in [0.25, 0.3) is 0 Å². The predicted octanol–water partition coefficient (Wildman–Crippen LogP) is 0.899. The maximum absolute atomic E-state index is 12.7. The lowest BCUT2D eigenvalue weighted by Crippen LogP contribution is -2.45. The maximum atomic E-state index is 12.7. The van der Waals surface area contributed by atoms with Crippen molar-refractivity contribution in [2.24, 2.45) is 0 Å². The number of ether oxygens (including phenoxy) is 3. The molecular formula is C20H29N3O5. The van der Waals surface area contributed by atoms with E-state index in [-0.39, 0.29) is 17.9 Å². The molecule has 2 aliphatic rings. The van der Waals surface area contributed by atoms with E-state index in [2.05, 4.69) is 5.32 Å². The summed E-state index contributed by atoms with van der Waals surface area (Å²) in [6.07, 6.45) is 1.24. The van der Waals surface area contributed by atoms with Gasteiger partial charge in [0.25, 0.3) is 5.91 Å². The number of methoxy groups -OCH3 is 1. The summed E-state index contributed by atoms with van der Waals surface area (Å²) >= 11 is 0. The summed E-state index contributed by atoms with van der Waals surface area (Å²) in [6.45, 7) is 4.03. The number of benzene rings is 1. The van der Waals surface area contributed by atoms with Gasteiger partial charge in [-0.05, 0) is 24.6 Å². The summed E-state index contributed by atoms with van der Waals surface area (Å²) in [5.74, 6) is 0.682. The Kier molecular flexibility index (Phi) is 7.11. The van der Waals surface area contributed by atoms with Crippen LogP contribution in [-0.2, 0) is 14.3 Å². The topological polar surface area (TPSA) is 80.3 Å². The van der Waals surface area contributed by atoms with E-state index in [1.807, 2.05) is 22.9 Å². The lowest BCUT2D eigenvalue weighted by molar-refractivity contribution is -0.131. The van der Waals surface area contributed by atoms with Crippen LogP contribution < -0.4 is 15.0 Å². The Balaban J connectivity index is 1.65. The van der Waals surface area contributed by atoms with E-state index < -0.39 is 0 Å². The van der Waals surface area contributed by atoms with Crippen molar-refractivity contribution >= 4 is 17.5 Å². The van der Waals surface area contributed by atoms with Crippen LogP contribution in [0, 0.1) is 0 Å². The molecule has 8 nitrogen and oxygen atoms in total. The van der Waals surface area contributed by atoms with Crippen LogP contribution in [0.2, 0.25) is 0 Å². The summed E-state index contributed by atoms with van der Waals surface area (Å²) in [4.78, 5) is 28.9. The van der Waals surface area contributed by atoms with Crippen molar-refractivity contribution in [1.82, 2.24) is 10.2 Å². The van der Waals surface area contributed by atoms with Gasteiger partial charge in [-0.1, -0.05) is 0 Å². The number of nitrogens with one attached hydrogen (secondary N) is 1. The third kappa shape index (κ3) is 4.94. The molecule has 1 aromatic carbocycles. The third-order valence-corrected chi connectivity index (χ3v) is 5.16. The average molecular weight is 391 g/mol. The largest absolute Gasteiger partial charge is 0.489 e. The third-order valence-electron chi connectivity index (χ3n) is 5.16. The first-order valence-electron chi connectivity index (χ1n) is 9.72. The van der Waals surface area contributed by atoms with Gasteiger partial charge in [0.1, 0.15) is 12.4 Å². The highest BCUT2D eigenvalue weighted by atomic mass is 16.5. The number of anilines is 1. The fourth-order valence-corrected chi connectivity index (χ4v) is 3.44. The van der Waals surface area contributed by atoms with Crippen molar-refractivity contribution in [1.29, 1.82) is 0 Å². The zero-order chi connectivity index (χ0) is 19.9. The fourth-order valence-electron chi connectivity index (χ4n) is 3.44. The molecule has 8 heteroatoms. The molecule has 1 unspecified atom stereocenters. The van der Waals surface area contributed by atoms with Crippen molar-refractivity contribution in [3.63, 3.8) is 0 Å². The molecule has 0 spiro atoms. The van der Waals surface area contributed by atoms with Crippen LogP contribution in [-0.4, -0.2) is 83.0 Å². The average Bonchev–Trinajstić information content (AvgIpc) is 2.99. The monoisotopic (exact) mass is 391 g/mol. The van der Waals surface area contributed by atoms with E-state index in [4.69, 9.17) is 14.2 Å². The Bertz CT molecular complexity index is 688. The molecule has 1 N–H and O–H groups in total. The number of fused-ring (bicyclic) bond motifs is 1. The lowest BCUT2D eigenvalue weighted by Gasteiger charge is -2.36. The quantitative estimate of drug-likeness (QED) is 0.726. The molecule has 1 atom stereocenters. The van der Waals surface area contributed by atoms with E-state index in [0.717, 1.165) is 24.4 Å². The highest BCUT2D eigenvalue weighted by Gasteiger charge is 2.29. The van der Waals surface area contributed by atoms with Crippen LogP contribution in [0.1, 0.15) is 23.2 Å². The van der Waals surface area contributed by atoms with Crippen molar-refractivity contribution in [2.75, 3.05) is 65.1 Å². The number of carbonyl (C=O) groups excluding carboxylic acids is 2. The van der Waals surface area contributed by atoms with Gasteiger partial charge in [-0.2, -0.15) is 0 Å². The Morgan fingerprint density at radius 2 is 2.14 bits per heavy atom. The van der Waals surface area contributed by atoms with Gasteiger partial charge in [-0.3, -0.25) is 9.59 Å². The van der Waals surface area contributed by atoms with Gasteiger partial charge in [0.15, 0.2) is 0 Å². The normalized spacial score (nSPS) is 19.4. The summed E-state index contributed by atoms with van der Waals surface area (Å²) in [6, 6.07) is 5.29. The molecule has 3 rings (SSSR count). The smallest absolute Gasteiger partial charge is 0.251 e. The molecule has 0 bridgehead atoms. The Hall–Kier alpha value is -2.32. The first kappa shape index (κ1) is 20.4. The number of rotatable bonds is 6. The minimum Gasteiger partial charge on any atom is -0.489 e. The molecule has 2 amide bonds. The van der Waals surface area contributed by atoms with E-state index in [0.29, 0.717) is 51.5 Å². The second-order valence-corrected chi connectivity index (χ2v) is 7.06. The van der Waals surface area contributed by atoms with Gasteiger partial charge in [0.05, 0.1) is 31.4 Å². The van der Waals surface area contributed by atoms with Crippen LogP contribution in [0.5, 0.6) is 5.75 Å². The van der Waals surface area contributed by atoms with Gasteiger partial charge in [0.2, 0.25) is 5.91 Å². The minimum atomic E-state index is -0.156. The lowest BCUT2D eigenvalue weighted by atomic mass is 10.1. The molecule has 28 heavy (non-hydrogen) atoms. The van der Waals surface area contributed by atoms with Crippen LogP contribution in [0.15, 0.2) is 18.2 Å². The van der Waals surface area contributed by atoms with Gasteiger partial charge >= 0.3 is 0 Å². The number of hydrogen-bond acceptors (Lipinski definition) is 6. The number of likely N-dealkylation sites (N-methyl/N-ethyl adjacent to an activating group) is 1. The summed E-state index contributed by atoms with van der Waals surface area (Å²) in [7, 11) is 3.54. The number of nitrogens with zero attached hydrogens (tertiary/aromatic N) is 2. The summed E-state index contributed by atoms with van der Waals surface area (Å²) in [5, 5.41) is 2.82. The van der Waals surface area contributed by atoms with Gasteiger partial charge in [-0.25, -0.2) is 0 Å². The zero-order valence-corrected chi connectivity index (χ0v) is 16.6. The SMILES string of the molecule is COCCNC(=O)c1ccc2c(c1)N(C)C(CC(=O)N1CCCOCC1)CO2. The van der Waals surface area contributed by atoms with Crippen molar-refractivity contribution < 1.29 is 23.8 Å². The second kappa shape index (κ2) is 9.75. The molecule has 1 fully saturated rings. The van der Waals surface area contributed by atoms with Crippen molar-refractivity contribution in [3.05, 3.63) is 23.8 Å². The Labute approximate surface area is 165 Å². The van der Waals surface area contributed by atoms with Gasteiger partial charge in [-0.15, -0.1) is 0 Å². The predicted molar refractivity (Wildman–Crippen MR) is 105 cm³/mol. The molecular weight excluding hydrogens is 362 g/mol. The molecule has 2 aliphatic heterocycles. The number of amides is 2. The molecule has 0 saturated carbocycles. The molecule has 154 valence electrons. The molecule has 1 aromatic rings. The second-order valence-electron chi connectivity index (χ2n) is 7.06. The highest BCUT2D eigenvalue weighted by Crippen LogP contribution is 2.34. The van der Waals surface area contributed by atoms with E-state index >= 15 is 0 Å². The van der Waals surface area contributed by atoms with E-state index in [1.165, 1.54) is 0 Å². The fraction of sp³-hybridized carbons (Fsp3) is 0.600. The van der Waals surface area contributed by atoms with Crippen LogP contribution in [0.4, 0.5) is 5.69 Å². The Morgan fingerprint density at radius 1 is 1.29 bits per heavy atom. The van der Waals surface area contributed by atoms with Crippen LogP contribution in [0.3, 0.4) is 0 Å². The summed E-state index contributed by atoms with van der Waals surface area (Å²) < 4.78 is 16.3. The van der Waals surface area contributed by atoms with Gasteiger partial charge < -0.3 is 29.3 Å². The van der Waals surface area contributed by atoms with Gasteiger partial charge in [0, 0.05) is 46.0 Å². The summed E-state index contributed by atoms with van der Waals surface area (Å²) in [5.41, 5.74) is 1.38. The maximum Gasteiger partial charge on any atom is 0.251 e. The number of hydrogen-bond donors (Lipinski definition) is 1. The highest BCUT2D eigenvalue weighted by molar-refractivity contribution is 5.95. The molecule has 0 aliphatic carbocycles. The molecule has 1 saturated heterocycles. The first-order chi connectivity index (χ1) is 13.6. The van der Waals surface area contributed by atoms with E-state index in [9.17, 15) is 9.59 Å². The Morgan fingerprint density at radius 3 is 2.96 bits per heavy atom. The van der Waals surface area contributed by atoms with Crippen LogP contribution >= 0.6 is 0 Å². The minimum absolute atomic E-state index is 0.0732. The molecule has 2 heterocycles. The standard InChI is InChI=1S/C20H29N3O5/c1-22-16(13-19(24)23-7-3-9-27-11-8-23)14-28-18-5-4-15(12-17(18)22)20(25)21-6-10-26-2/h4-5,12,16H,3,6-11,13-14H2,1-2H3,(H,21,25). The first-order valence-corrected chi connectivity index (χ1v) is 9.72.